The van der Waals surface area contributed by atoms with Crippen LogP contribution >= 0.6 is 11.3 Å². The molecule has 0 radical (unpaired) electrons. The Balaban J connectivity index is 1.49. The van der Waals surface area contributed by atoms with E-state index in [2.05, 4.69) is 15.3 Å². The number of thiazole rings is 1. The Morgan fingerprint density at radius 1 is 1.48 bits per heavy atom. The van der Waals surface area contributed by atoms with E-state index in [1.807, 2.05) is 11.8 Å². The third-order valence-corrected chi connectivity index (χ3v) is 6.07. The smallest absolute Gasteiger partial charge is 0.433 e. The average molecular weight is 430 g/mol. The fraction of sp³-hybridized carbons (Fsp3) is 0.500. The maximum absolute atomic E-state index is 14.2. The number of hydrogen-bond donors (Lipinski definition) is 1. The van der Waals surface area contributed by atoms with Crippen LogP contribution in [0.3, 0.4) is 0 Å². The number of ether oxygens (including phenoxy) is 1. The van der Waals surface area contributed by atoms with Crippen LogP contribution in [0.15, 0.2) is 12.3 Å². The van der Waals surface area contributed by atoms with Crippen molar-refractivity contribution in [3.63, 3.8) is 0 Å². The van der Waals surface area contributed by atoms with E-state index in [1.54, 1.807) is 0 Å². The van der Waals surface area contributed by atoms with Crippen molar-refractivity contribution in [1.29, 1.82) is 0 Å². The van der Waals surface area contributed by atoms with Gasteiger partial charge in [-0.05, 0) is 13.0 Å². The highest BCUT2D eigenvalue weighted by molar-refractivity contribution is 7.15. The lowest BCUT2D eigenvalue weighted by Gasteiger charge is -2.23. The minimum absolute atomic E-state index is 0.0325. The zero-order valence-corrected chi connectivity index (χ0v) is 16.5. The molecule has 2 aliphatic heterocycles. The molecule has 1 fully saturated rings. The van der Waals surface area contributed by atoms with E-state index in [9.17, 15) is 22.4 Å². The molecule has 2 aliphatic rings. The van der Waals surface area contributed by atoms with Gasteiger partial charge in [-0.1, -0.05) is 11.3 Å². The summed E-state index contributed by atoms with van der Waals surface area (Å²) < 4.78 is 59.0. The monoisotopic (exact) mass is 430 g/mol. The molecule has 29 heavy (non-hydrogen) atoms. The second-order valence-electron chi connectivity index (χ2n) is 7.51. The van der Waals surface area contributed by atoms with Gasteiger partial charge in [0.1, 0.15) is 17.0 Å². The van der Waals surface area contributed by atoms with Crippen LogP contribution in [0.25, 0.3) is 0 Å². The zero-order valence-electron chi connectivity index (χ0n) is 15.6. The number of alkyl halides is 3. The first-order valence-electron chi connectivity index (χ1n) is 8.97. The highest BCUT2D eigenvalue weighted by atomic mass is 32.1. The Hall–Kier alpha value is -2.27. The third kappa shape index (κ3) is 3.93. The predicted molar refractivity (Wildman–Crippen MR) is 97.2 cm³/mol. The lowest BCUT2D eigenvalue weighted by atomic mass is 9.94. The summed E-state index contributed by atoms with van der Waals surface area (Å²) >= 11 is 1.06. The average Bonchev–Trinajstić information content (AvgIpc) is 3.21. The van der Waals surface area contributed by atoms with E-state index >= 15 is 0 Å². The number of halogens is 4. The van der Waals surface area contributed by atoms with Gasteiger partial charge in [0.05, 0.1) is 11.1 Å². The Morgan fingerprint density at radius 2 is 2.24 bits per heavy atom. The Kier molecular flexibility index (Phi) is 4.77. The van der Waals surface area contributed by atoms with Crippen molar-refractivity contribution >= 4 is 22.4 Å². The number of rotatable bonds is 3. The van der Waals surface area contributed by atoms with E-state index in [4.69, 9.17) is 4.74 Å². The molecule has 0 aliphatic carbocycles. The first-order chi connectivity index (χ1) is 13.5. The quantitative estimate of drug-likeness (QED) is 0.754. The van der Waals surface area contributed by atoms with Crippen LogP contribution in [-0.4, -0.2) is 39.0 Å². The maximum Gasteiger partial charge on any atom is 0.433 e. The van der Waals surface area contributed by atoms with Crippen molar-refractivity contribution in [2.45, 2.75) is 51.1 Å². The Labute approximate surface area is 167 Å². The number of anilines is 1. The van der Waals surface area contributed by atoms with Crippen LogP contribution in [-0.2, 0) is 23.9 Å². The number of aromatic nitrogens is 2. The van der Waals surface area contributed by atoms with Gasteiger partial charge in [0, 0.05) is 44.5 Å². The lowest BCUT2D eigenvalue weighted by Crippen LogP contribution is -2.37. The van der Waals surface area contributed by atoms with Crippen LogP contribution in [0.5, 0.6) is 5.75 Å². The van der Waals surface area contributed by atoms with Gasteiger partial charge in [0.2, 0.25) is 11.9 Å². The standard InChI is InChI=1S/C18H18F4N4O2S/c1-9-4-17(5-11-3-14(18(20,21)22)23-6-12(11)28-17)8-26(9)7-13-15(19)25-16(29-13)24-10(2)27/h3,6,9H,4-5,7-8H2,1-2H3,(H,24,25,27)/t9-,17-/m0/s1. The number of fused-ring (bicyclic) bond motifs is 1. The number of carbonyl (C=O) groups excluding carboxylic acids is 1. The SMILES string of the molecule is CC(=O)Nc1nc(F)c(CN2C[C@@]3(Cc4cc(C(F)(F)F)ncc4O3)C[C@@H]2C)s1. The molecule has 4 heterocycles. The maximum atomic E-state index is 14.2. The van der Waals surface area contributed by atoms with Crippen molar-refractivity contribution in [1.82, 2.24) is 14.9 Å². The van der Waals surface area contributed by atoms with Gasteiger partial charge in [0.15, 0.2) is 5.13 Å². The summed E-state index contributed by atoms with van der Waals surface area (Å²) in [5.74, 6) is -0.603. The Bertz CT molecular complexity index is 964. The molecular weight excluding hydrogens is 412 g/mol. The fourth-order valence-corrected chi connectivity index (χ4v) is 4.89. The number of amides is 1. The molecule has 0 unspecified atom stereocenters. The fourth-order valence-electron chi connectivity index (χ4n) is 3.98. The zero-order chi connectivity index (χ0) is 21.0. The second kappa shape index (κ2) is 6.91. The van der Waals surface area contributed by atoms with Crippen molar-refractivity contribution in [2.75, 3.05) is 11.9 Å². The molecule has 0 aromatic carbocycles. The van der Waals surface area contributed by atoms with Gasteiger partial charge in [-0.25, -0.2) is 4.98 Å². The molecule has 2 atom stereocenters. The number of carbonyl (C=O) groups is 1. The summed E-state index contributed by atoms with van der Waals surface area (Å²) in [7, 11) is 0. The summed E-state index contributed by atoms with van der Waals surface area (Å²) in [5.41, 5.74) is -1.11. The molecule has 0 saturated carbocycles. The molecule has 1 N–H and O–H groups in total. The molecule has 2 aromatic heterocycles. The number of nitrogens with one attached hydrogen (secondary N) is 1. The highest BCUT2D eigenvalue weighted by Crippen LogP contribution is 2.44. The molecule has 2 aromatic rings. The van der Waals surface area contributed by atoms with Gasteiger partial charge in [0.25, 0.3) is 0 Å². The lowest BCUT2D eigenvalue weighted by molar-refractivity contribution is -0.141. The van der Waals surface area contributed by atoms with E-state index in [-0.39, 0.29) is 23.6 Å². The summed E-state index contributed by atoms with van der Waals surface area (Å²) in [5, 5.41) is 2.66. The second-order valence-corrected chi connectivity index (χ2v) is 8.59. The van der Waals surface area contributed by atoms with Gasteiger partial charge < -0.3 is 10.1 Å². The summed E-state index contributed by atoms with van der Waals surface area (Å²) in [6.45, 7) is 4.00. The highest BCUT2D eigenvalue weighted by Gasteiger charge is 2.49. The van der Waals surface area contributed by atoms with Gasteiger partial charge >= 0.3 is 6.18 Å². The molecular formula is C18H18F4N4O2S. The molecule has 6 nitrogen and oxygen atoms in total. The topological polar surface area (TPSA) is 67.4 Å². The summed E-state index contributed by atoms with van der Waals surface area (Å²) in [4.78, 5) is 20.7. The van der Waals surface area contributed by atoms with E-state index in [0.29, 0.717) is 35.6 Å². The first-order valence-corrected chi connectivity index (χ1v) is 9.78. The molecule has 1 spiro atoms. The number of likely N-dealkylation sites (tertiary alicyclic amines) is 1. The minimum Gasteiger partial charge on any atom is -0.484 e. The van der Waals surface area contributed by atoms with E-state index < -0.39 is 23.4 Å². The van der Waals surface area contributed by atoms with Gasteiger partial charge in [-0.2, -0.15) is 22.5 Å². The van der Waals surface area contributed by atoms with Crippen LogP contribution in [0.1, 0.15) is 36.4 Å². The molecule has 4 rings (SSSR count). The third-order valence-electron chi connectivity index (χ3n) is 5.14. The predicted octanol–water partition coefficient (Wildman–Crippen LogP) is 3.62. The van der Waals surface area contributed by atoms with Gasteiger partial charge in [-0.3, -0.25) is 9.69 Å². The molecule has 0 bridgehead atoms. The molecule has 1 saturated heterocycles. The normalized spacial score (nSPS) is 24.0. The minimum atomic E-state index is -4.50. The molecule has 156 valence electrons. The Morgan fingerprint density at radius 3 is 2.93 bits per heavy atom. The van der Waals surface area contributed by atoms with Crippen molar-refractivity contribution in [3.8, 4) is 5.75 Å². The van der Waals surface area contributed by atoms with Crippen LogP contribution < -0.4 is 10.1 Å². The largest absolute Gasteiger partial charge is 0.484 e. The number of pyridine rings is 1. The number of nitrogens with zero attached hydrogens (tertiary/aromatic N) is 3. The van der Waals surface area contributed by atoms with Crippen LogP contribution in [0.4, 0.5) is 22.7 Å². The van der Waals surface area contributed by atoms with E-state index in [0.717, 1.165) is 23.6 Å². The molecule has 11 heteroatoms. The summed E-state index contributed by atoms with van der Waals surface area (Å²) in [6.07, 6.45) is -2.43. The summed E-state index contributed by atoms with van der Waals surface area (Å²) in [6, 6.07) is 1.07. The van der Waals surface area contributed by atoms with Crippen molar-refractivity contribution in [3.05, 3.63) is 34.3 Å². The first kappa shape index (κ1) is 20.0. The van der Waals surface area contributed by atoms with Crippen molar-refractivity contribution < 1.29 is 27.1 Å². The van der Waals surface area contributed by atoms with Crippen LogP contribution in [0.2, 0.25) is 0 Å². The van der Waals surface area contributed by atoms with E-state index in [1.165, 1.54) is 6.92 Å². The number of hydrogen-bond acceptors (Lipinski definition) is 6. The van der Waals surface area contributed by atoms with Gasteiger partial charge in [-0.15, -0.1) is 0 Å². The van der Waals surface area contributed by atoms with Crippen LogP contribution in [0, 0.1) is 5.95 Å². The van der Waals surface area contributed by atoms with Crippen molar-refractivity contribution in [2.24, 2.45) is 0 Å². The molecule has 1 amide bonds.